The van der Waals surface area contributed by atoms with E-state index in [0.29, 0.717) is 34.5 Å². The lowest BCUT2D eigenvalue weighted by atomic mass is 10.3. The van der Waals surface area contributed by atoms with E-state index in [1.54, 1.807) is 72.8 Å². The Morgan fingerprint density at radius 1 is 0.567 bits per heavy atom. The van der Waals surface area contributed by atoms with Crippen LogP contribution < -0.4 is 18.9 Å². The summed E-state index contributed by atoms with van der Waals surface area (Å²) < 4.78 is 21.7. The fourth-order valence-corrected chi connectivity index (χ4v) is 2.37. The number of ether oxygens (including phenoxy) is 4. The summed E-state index contributed by atoms with van der Waals surface area (Å²) in [5.41, 5.74) is 0. The van der Waals surface area contributed by atoms with Crippen LogP contribution in [0.2, 0.25) is 0 Å². The first-order valence-electron chi connectivity index (χ1n) is 8.90. The van der Waals surface area contributed by atoms with Crippen LogP contribution in [0.25, 0.3) is 0 Å². The molecule has 0 aliphatic carbocycles. The maximum Gasteiger partial charge on any atom is 0.335 e. The molecule has 0 fully saturated rings. The molecule has 0 bridgehead atoms. The van der Waals surface area contributed by atoms with Gasteiger partial charge in [0.15, 0.2) is 0 Å². The molecule has 3 aromatic carbocycles. The van der Waals surface area contributed by atoms with Gasteiger partial charge in [-0.25, -0.2) is 9.59 Å². The summed E-state index contributed by atoms with van der Waals surface area (Å²) in [5.74, 6) is 1.79. The number of benzene rings is 3. The highest BCUT2D eigenvalue weighted by molar-refractivity contribution is 5.83. The molecular weight excluding hydrogens is 384 g/mol. The number of hydrogen-bond donors (Lipinski definition) is 0. The van der Waals surface area contributed by atoms with Crippen molar-refractivity contribution in [3.05, 3.63) is 98.1 Å². The monoisotopic (exact) mass is 402 g/mol. The Labute approximate surface area is 173 Å². The van der Waals surface area contributed by atoms with Crippen LogP contribution in [0.15, 0.2) is 98.1 Å². The van der Waals surface area contributed by atoms with Gasteiger partial charge in [-0.05, 0) is 48.5 Å². The van der Waals surface area contributed by atoms with Crippen molar-refractivity contribution >= 4 is 11.9 Å². The van der Waals surface area contributed by atoms with E-state index in [1.807, 2.05) is 0 Å². The zero-order valence-corrected chi connectivity index (χ0v) is 15.9. The maximum atomic E-state index is 11.3. The van der Waals surface area contributed by atoms with Crippen LogP contribution >= 0.6 is 0 Å². The molecule has 30 heavy (non-hydrogen) atoms. The molecule has 0 heterocycles. The summed E-state index contributed by atoms with van der Waals surface area (Å²) in [6, 6.07) is 20.3. The molecule has 0 radical (unpaired) electrons. The topological polar surface area (TPSA) is 71.1 Å². The van der Waals surface area contributed by atoms with E-state index in [1.165, 1.54) is 0 Å². The summed E-state index contributed by atoms with van der Waals surface area (Å²) >= 11 is 0. The van der Waals surface area contributed by atoms with Crippen molar-refractivity contribution in [2.75, 3.05) is 0 Å². The molecule has 3 rings (SSSR count). The van der Waals surface area contributed by atoms with Gasteiger partial charge in [0.1, 0.15) is 34.5 Å². The summed E-state index contributed by atoms with van der Waals surface area (Å²) in [6.45, 7) is 6.73. The van der Waals surface area contributed by atoms with Gasteiger partial charge in [-0.2, -0.15) is 0 Å². The number of rotatable bonds is 8. The molecule has 0 saturated heterocycles. The summed E-state index contributed by atoms with van der Waals surface area (Å²) in [4.78, 5) is 22.6. The highest BCUT2D eigenvalue weighted by atomic mass is 16.5. The van der Waals surface area contributed by atoms with E-state index < -0.39 is 11.9 Å². The molecule has 3 aromatic rings. The van der Waals surface area contributed by atoms with Crippen LogP contribution in [0.4, 0.5) is 0 Å². The minimum atomic E-state index is -0.544. The minimum Gasteiger partial charge on any atom is -0.457 e. The van der Waals surface area contributed by atoms with Crippen molar-refractivity contribution in [3.8, 4) is 34.5 Å². The third-order valence-corrected chi connectivity index (χ3v) is 3.68. The molecule has 0 aliphatic rings. The average Bonchev–Trinajstić information content (AvgIpc) is 2.75. The highest BCUT2D eigenvalue weighted by Crippen LogP contribution is 2.29. The zero-order chi connectivity index (χ0) is 21.3. The van der Waals surface area contributed by atoms with E-state index in [9.17, 15) is 9.59 Å². The largest absolute Gasteiger partial charge is 0.457 e. The normalized spacial score (nSPS) is 9.87. The van der Waals surface area contributed by atoms with Crippen LogP contribution in [0.3, 0.4) is 0 Å². The Morgan fingerprint density at radius 3 is 1.30 bits per heavy atom. The fraction of sp³-hybridized carbons (Fsp3) is 0. The van der Waals surface area contributed by atoms with E-state index >= 15 is 0 Å². The number of esters is 2. The van der Waals surface area contributed by atoms with E-state index in [2.05, 4.69) is 13.2 Å². The van der Waals surface area contributed by atoms with E-state index in [-0.39, 0.29) is 0 Å². The van der Waals surface area contributed by atoms with Gasteiger partial charge in [0, 0.05) is 24.3 Å². The lowest BCUT2D eigenvalue weighted by molar-refractivity contribution is -0.129. The smallest absolute Gasteiger partial charge is 0.335 e. The Bertz CT molecular complexity index is 983. The molecule has 6 nitrogen and oxygen atoms in total. The molecular formula is C24H18O6. The lowest BCUT2D eigenvalue weighted by Crippen LogP contribution is -2.02. The zero-order valence-electron chi connectivity index (χ0n) is 15.9. The van der Waals surface area contributed by atoms with Crippen molar-refractivity contribution in [2.45, 2.75) is 0 Å². The lowest BCUT2D eigenvalue weighted by Gasteiger charge is -2.10. The summed E-state index contributed by atoms with van der Waals surface area (Å²) in [5, 5.41) is 0. The second-order valence-corrected chi connectivity index (χ2v) is 5.88. The molecule has 0 atom stereocenters. The number of carbonyl (C=O) groups excluding carboxylic acids is 2. The van der Waals surface area contributed by atoms with Gasteiger partial charge in [-0.15, -0.1) is 0 Å². The Kier molecular flexibility index (Phi) is 6.63. The number of hydrogen-bond acceptors (Lipinski definition) is 6. The van der Waals surface area contributed by atoms with E-state index in [0.717, 1.165) is 12.2 Å². The molecule has 6 heteroatoms. The van der Waals surface area contributed by atoms with Gasteiger partial charge in [-0.3, -0.25) is 0 Å². The van der Waals surface area contributed by atoms with Gasteiger partial charge >= 0.3 is 11.9 Å². The van der Waals surface area contributed by atoms with Gasteiger partial charge < -0.3 is 18.9 Å². The van der Waals surface area contributed by atoms with Crippen molar-refractivity contribution < 1.29 is 28.5 Å². The molecule has 0 saturated carbocycles. The first-order valence-corrected chi connectivity index (χ1v) is 8.90. The third-order valence-electron chi connectivity index (χ3n) is 3.68. The molecule has 0 unspecified atom stereocenters. The van der Waals surface area contributed by atoms with E-state index in [4.69, 9.17) is 18.9 Å². The molecule has 0 aromatic heterocycles. The molecule has 0 amide bonds. The number of carbonyl (C=O) groups is 2. The van der Waals surface area contributed by atoms with Crippen LogP contribution in [-0.2, 0) is 9.59 Å². The van der Waals surface area contributed by atoms with Crippen molar-refractivity contribution in [1.29, 1.82) is 0 Å². The van der Waals surface area contributed by atoms with Gasteiger partial charge in [-0.1, -0.05) is 25.3 Å². The third kappa shape index (κ3) is 5.84. The predicted octanol–water partition coefficient (Wildman–Crippen LogP) is 5.45. The summed E-state index contributed by atoms with van der Waals surface area (Å²) in [7, 11) is 0. The Hall–Kier alpha value is -4.32. The van der Waals surface area contributed by atoms with Crippen molar-refractivity contribution in [2.24, 2.45) is 0 Å². The molecule has 0 N–H and O–H groups in total. The van der Waals surface area contributed by atoms with Gasteiger partial charge in [0.25, 0.3) is 0 Å². The second-order valence-electron chi connectivity index (χ2n) is 5.88. The molecule has 0 spiro atoms. The first-order chi connectivity index (χ1) is 14.6. The second kappa shape index (κ2) is 9.75. The van der Waals surface area contributed by atoms with Crippen LogP contribution in [0.5, 0.6) is 34.5 Å². The Balaban J connectivity index is 1.64. The van der Waals surface area contributed by atoms with Crippen molar-refractivity contribution in [3.63, 3.8) is 0 Å². The maximum absolute atomic E-state index is 11.3. The minimum absolute atomic E-state index is 0.356. The standard InChI is InChI=1S/C24H18O6/c1-3-23(25)29-21-9-5-7-19(15-21)27-17-11-13-18(14-12-17)28-20-8-6-10-22(16-20)30-24(26)4-2/h3-16H,1-2H2. The van der Waals surface area contributed by atoms with Gasteiger partial charge in [0.2, 0.25) is 0 Å². The van der Waals surface area contributed by atoms with Crippen LogP contribution in [0, 0.1) is 0 Å². The van der Waals surface area contributed by atoms with Gasteiger partial charge in [0.05, 0.1) is 0 Å². The summed E-state index contributed by atoms with van der Waals surface area (Å²) in [6.07, 6.45) is 2.18. The Morgan fingerprint density at radius 2 is 0.933 bits per heavy atom. The van der Waals surface area contributed by atoms with Crippen molar-refractivity contribution in [1.82, 2.24) is 0 Å². The van der Waals surface area contributed by atoms with Crippen LogP contribution in [0.1, 0.15) is 0 Å². The van der Waals surface area contributed by atoms with Crippen LogP contribution in [-0.4, -0.2) is 11.9 Å². The first kappa shape index (κ1) is 20.4. The fourth-order valence-electron chi connectivity index (χ4n) is 2.37. The SMILES string of the molecule is C=CC(=O)Oc1cccc(Oc2ccc(Oc3cccc(OC(=O)C=C)c3)cc2)c1. The molecule has 0 aliphatic heterocycles. The molecule has 150 valence electrons. The quantitative estimate of drug-likeness (QED) is 0.283. The average molecular weight is 402 g/mol. The highest BCUT2D eigenvalue weighted by Gasteiger charge is 2.05. The predicted molar refractivity (Wildman–Crippen MR) is 111 cm³/mol.